The number of aryl methyl sites for hydroxylation is 2. The zero-order valence-corrected chi connectivity index (χ0v) is 21.5. The number of methoxy groups -OCH3 is 1. The van der Waals surface area contributed by atoms with Crippen molar-refractivity contribution < 1.29 is 31.1 Å². The standard InChI is InChI=1S/C28H20F6OS2/c1-15-19(13-22(36-15)17-9-5-4-6-10-17)24-25(27(31,32)28(33,34)26(24,29)30)20-14-23(37-16(20)2)18-11-7-8-12-21(18)35-3/h4-14H,1-3H3. The Morgan fingerprint density at radius 3 is 1.68 bits per heavy atom. The molecule has 0 atom stereocenters. The lowest BCUT2D eigenvalue weighted by Crippen LogP contribution is -2.48. The Kier molecular flexibility index (Phi) is 6.07. The van der Waals surface area contributed by atoms with Gasteiger partial charge in [-0.1, -0.05) is 42.5 Å². The van der Waals surface area contributed by atoms with Crippen LogP contribution in [-0.4, -0.2) is 24.9 Å². The molecule has 0 unspecified atom stereocenters. The normalized spacial score (nSPS) is 17.9. The van der Waals surface area contributed by atoms with Gasteiger partial charge in [0.05, 0.1) is 7.11 Å². The van der Waals surface area contributed by atoms with Crippen molar-refractivity contribution in [2.45, 2.75) is 31.6 Å². The van der Waals surface area contributed by atoms with Gasteiger partial charge in [-0.3, -0.25) is 0 Å². The molecule has 5 rings (SSSR count). The maximum absolute atomic E-state index is 15.4. The van der Waals surface area contributed by atoms with Crippen molar-refractivity contribution in [3.05, 3.63) is 87.6 Å². The van der Waals surface area contributed by atoms with Gasteiger partial charge in [-0.15, -0.1) is 22.7 Å². The summed E-state index contributed by atoms with van der Waals surface area (Å²) in [5, 5.41) is 0. The van der Waals surface area contributed by atoms with Crippen LogP contribution in [0.2, 0.25) is 0 Å². The fourth-order valence-electron chi connectivity index (χ4n) is 4.62. The molecule has 0 aliphatic heterocycles. The molecule has 37 heavy (non-hydrogen) atoms. The van der Waals surface area contributed by atoms with Gasteiger partial charge in [0.15, 0.2) is 0 Å². The first-order valence-corrected chi connectivity index (χ1v) is 12.8. The molecular weight excluding hydrogens is 530 g/mol. The van der Waals surface area contributed by atoms with E-state index in [0.717, 1.165) is 22.7 Å². The van der Waals surface area contributed by atoms with Crippen molar-refractivity contribution >= 4 is 33.8 Å². The van der Waals surface area contributed by atoms with Crippen LogP contribution in [0.15, 0.2) is 66.7 Å². The van der Waals surface area contributed by atoms with E-state index in [4.69, 9.17) is 4.74 Å². The first kappa shape index (κ1) is 25.6. The Morgan fingerprint density at radius 2 is 1.11 bits per heavy atom. The highest BCUT2D eigenvalue weighted by atomic mass is 32.1. The molecule has 0 amide bonds. The summed E-state index contributed by atoms with van der Waals surface area (Å²) >= 11 is 2.15. The highest BCUT2D eigenvalue weighted by molar-refractivity contribution is 7.16. The van der Waals surface area contributed by atoms with Crippen LogP contribution in [0.3, 0.4) is 0 Å². The molecule has 2 aromatic heterocycles. The third kappa shape index (κ3) is 3.74. The predicted octanol–water partition coefficient (Wildman–Crippen LogP) is 9.60. The first-order chi connectivity index (χ1) is 17.4. The van der Waals surface area contributed by atoms with Gasteiger partial charge >= 0.3 is 17.8 Å². The molecule has 192 valence electrons. The van der Waals surface area contributed by atoms with Gasteiger partial charge in [-0.25, -0.2) is 0 Å². The Bertz CT molecular complexity index is 1510. The van der Waals surface area contributed by atoms with Gasteiger partial charge in [0, 0.05) is 36.2 Å². The van der Waals surface area contributed by atoms with Gasteiger partial charge in [0.1, 0.15) is 5.75 Å². The molecule has 2 heterocycles. The summed E-state index contributed by atoms with van der Waals surface area (Å²) in [7, 11) is 1.44. The Morgan fingerprint density at radius 1 is 0.622 bits per heavy atom. The highest BCUT2D eigenvalue weighted by Gasteiger charge is 2.80. The zero-order chi connectivity index (χ0) is 26.8. The van der Waals surface area contributed by atoms with E-state index in [0.29, 0.717) is 26.6 Å². The summed E-state index contributed by atoms with van der Waals surface area (Å²) < 4.78 is 96.6. The van der Waals surface area contributed by atoms with Crippen LogP contribution < -0.4 is 4.74 Å². The molecule has 0 saturated carbocycles. The lowest BCUT2D eigenvalue weighted by molar-refractivity contribution is -0.254. The topological polar surface area (TPSA) is 9.23 Å². The predicted molar refractivity (Wildman–Crippen MR) is 137 cm³/mol. The van der Waals surface area contributed by atoms with Gasteiger partial charge in [0.25, 0.3) is 0 Å². The van der Waals surface area contributed by atoms with Crippen LogP contribution in [0.1, 0.15) is 20.9 Å². The Labute approximate surface area is 217 Å². The number of hydrogen-bond acceptors (Lipinski definition) is 3. The summed E-state index contributed by atoms with van der Waals surface area (Å²) in [6.45, 7) is 2.94. The second-order valence-corrected chi connectivity index (χ2v) is 11.2. The van der Waals surface area contributed by atoms with Crippen molar-refractivity contribution in [2.24, 2.45) is 0 Å². The van der Waals surface area contributed by atoms with Gasteiger partial charge < -0.3 is 4.74 Å². The van der Waals surface area contributed by atoms with Crippen molar-refractivity contribution in [1.82, 2.24) is 0 Å². The van der Waals surface area contributed by atoms with E-state index < -0.39 is 28.9 Å². The number of ether oxygens (including phenoxy) is 1. The smallest absolute Gasteiger partial charge is 0.380 e. The molecular formula is C28H20F6OS2. The molecule has 2 aromatic carbocycles. The molecule has 0 fully saturated rings. The number of para-hydroxylation sites is 1. The van der Waals surface area contributed by atoms with E-state index in [1.54, 1.807) is 54.6 Å². The van der Waals surface area contributed by atoms with E-state index in [2.05, 4.69) is 0 Å². The molecule has 4 aromatic rings. The van der Waals surface area contributed by atoms with E-state index in [1.165, 1.54) is 33.1 Å². The fraction of sp³-hybridized carbons (Fsp3) is 0.214. The van der Waals surface area contributed by atoms with Crippen molar-refractivity contribution in [2.75, 3.05) is 7.11 Å². The second kappa shape index (κ2) is 8.77. The molecule has 0 bridgehead atoms. The third-order valence-electron chi connectivity index (χ3n) is 6.47. The summed E-state index contributed by atoms with van der Waals surface area (Å²) in [4.78, 5) is 1.43. The maximum Gasteiger partial charge on any atom is 0.380 e. The first-order valence-electron chi connectivity index (χ1n) is 11.2. The number of allylic oxidation sites excluding steroid dienone is 2. The number of halogens is 6. The zero-order valence-electron chi connectivity index (χ0n) is 19.8. The molecule has 1 aliphatic rings. The average Bonchev–Trinajstić information content (AvgIpc) is 3.46. The van der Waals surface area contributed by atoms with Crippen molar-refractivity contribution in [3.63, 3.8) is 0 Å². The van der Waals surface area contributed by atoms with E-state index in [9.17, 15) is 8.78 Å². The van der Waals surface area contributed by atoms with Crippen LogP contribution in [0, 0.1) is 13.8 Å². The number of alkyl halides is 6. The van der Waals surface area contributed by atoms with E-state index in [1.807, 2.05) is 0 Å². The fourth-order valence-corrected chi connectivity index (χ4v) is 6.71. The number of hydrogen-bond donors (Lipinski definition) is 0. The van der Waals surface area contributed by atoms with Gasteiger partial charge in [-0.05, 0) is 54.8 Å². The van der Waals surface area contributed by atoms with E-state index >= 15 is 17.6 Å². The largest absolute Gasteiger partial charge is 0.496 e. The molecule has 0 N–H and O–H groups in total. The summed E-state index contributed by atoms with van der Waals surface area (Å²) in [5.41, 5.74) is -2.07. The molecule has 0 radical (unpaired) electrons. The highest BCUT2D eigenvalue weighted by Crippen LogP contribution is 2.66. The average molecular weight is 551 g/mol. The monoisotopic (exact) mass is 550 g/mol. The van der Waals surface area contributed by atoms with Gasteiger partial charge in [0.2, 0.25) is 0 Å². The lowest BCUT2D eigenvalue weighted by Gasteiger charge is -2.25. The molecule has 9 heteroatoms. The van der Waals surface area contributed by atoms with Crippen LogP contribution in [0.25, 0.3) is 32.0 Å². The molecule has 1 aliphatic carbocycles. The Hall–Kier alpha value is -3.04. The molecule has 0 saturated heterocycles. The van der Waals surface area contributed by atoms with Crippen LogP contribution in [0.5, 0.6) is 5.75 Å². The number of rotatable bonds is 5. The lowest BCUT2D eigenvalue weighted by atomic mass is 9.94. The summed E-state index contributed by atoms with van der Waals surface area (Å²) in [5.74, 6) is -15.4. The minimum absolute atomic E-state index is 0.220. The Balaban J connectivity index is 1.78. The van der Waals surface area contributed by atoms with Crippen LogP contribution >= 0.6 is 22.7 Å². The van der Waals surface area contributed by atoms with Crippen molar-refractivity contribution in [1.29, 1.82) is 0 Å². The second-order valence-electron chi connectivity index (χ2n) is 8.70. The molecule has 0 spiro atoms. The minimum atomic E-state index is -5.61. The van der Waals surface area contributed by atoms with Crippen molar-refractivity contribution in [3.8, 4) is 26.6 Å². The molecule has 1 nitrogen and oxygen atoms in total. The van der Waals surface area contributed by atoms with Gasteiger partial charge in [-0.2, -0.15) is 26.3 Å². The van der Waals surface area contributed by atoms with Crippen LogP contribution in [0.4, 0.5) is 26.3 Å². The quantitative estimate of drug-likeness (QED) is 0.225. The van der Waals surface area contributed by atoms with E-state index in [-0.39, 0.29) is 20.9 Å². The number of thiophene rings is 2. The number of benzene rings is 2. The summed E-state index contributed by atoms with van der Waals surface area (Å²) in [6.07, 6.45) is 0. The van der Waals surface area contributed by atoms with Crippen LogP contribution in [-0.2, 0) is 0 Å². The third-order valence-corrected chi connectivity index (χ3v) is 8.65. The SMILES string of the molecule is COc1ccccc1-c1cc(C2=C(c3cc(-c4ccccc4)sc3C)C(F)(F)C(F)(F)C2(F)F)c(C)s1. The minimum Gasteiger partial charge on any atom is -0.496 e. The summed E-state index contributed by atoms with van der Waals surface area (Å²) in [6, 6.07) is 18.1. The maximum atomic E-state index is 15.4.